The van der Waals surface area contributed by atoms with Gasteiger partial charge in [-0.05, 0) is 0 Å². The van der Waals surface area contributed by atoms with Gasteiger partial charge in [0.1, 0.15) is 14.6 Å². The molecular weight excluding hydrogens is 279 g/mol. The Kier molecular flexibility index (Phi) is 6.09. The van der Waals surface area contributed by atoms with Gasteiger partial charge in [-0.1, -0.05) is 25.6 Å². The van der Waals surface area contributed by atoms with Gasteiger partial charge in [0.05, 0.1) is 0 Å². The number of hydrogen-bond acceptors (Lipinski definition) is 3. The molecule has 0 fully saturated rings. The molecule has 0 aliphatic carbocycles. The van der Waals surface area contributed by atoms with E-state index in [0.717, 1.165) is 7.05 Å². The van der Waals surface area contributed by atoms with Crippen LogP contribution in [0.1, 0.15) is 0 Å². The number of nitrogens with zero attached hydrogens (tertiary/aromatic N) is 1. The monoisotopic (exact) mass is 295 g/mol. The average Bonchev–Trinajstić information content (AvgIpc) is 2.19. The zero-order chi connectivity index (χ0) is 15.3. The van der Waals surface area contributed by atoms with Gasteiger partial charge in [-0.3, -0.25) is 4.79 Å². The summed E-state index contributed by atoms with van der Waals surface area (Å²) in [6.07, 6.45) is -4.55. The molecule has 0 aliphatic rings. The number of halogens is 3. The zero-order valence-electron chi connectivity index (χ0n) is 11.2. The number of rotatable bonds is 2. The molecule has 8 heteroatoms. The number of ether oxygens (including phenoxy) is 1. The largest absolute Gasteiger partial charge is 0.445 e. The maximum Gasteiger partial charge on any atom is 0.406 e. The molecule has 4 nitrogen and oxygen atoms in total. The van der Waals surface area contributed by atoms with Crippen LogP contribution in [0.2, 0.25) is 19.6 Å². The summed E-state index contributed by atoms with van der Waals surface area (Å²) in [6.45, 7) is 4.13. The minimum Gasteiger partial charge on any atom is -0.445 e. The van der Waals surface area contributed by atoms with Gasteiger partial charge >= 0.3 is 18.1 Å². The summed E-state index contributed by atoms with van der Waals surface area (Å²) in [6, 6.07) is 0. The fourth-order valence-corrected chi connectivity index (χ4v) is 1.56. The highest BCUT2D eigenvalue weighted by molar-refractivity contribution is 6.83. The van der Waals surface area contributed by atoms with Crippen molar-refractivity contribution in [3.05, 3.63) is 0 Å². The molecule has 0 radical (unpaired) electrons. The van der Waals surface area contributed by atoms with Crippen LogP contribution in [-0.4, -0.2) is 51.2 Å². The summed E-state index contributed by atoms with van der Waals surface area (Å²) in [7, 11) is -0.727. The van der Waals surface area contributed by atoms with Crippen LogP contribution in [0.15, 0.2) is 0 Å². The van der Waals surface area contributed by atoms with Gasteiger partial charge < -0.3 is 9.64 Å². The molecule has 0 spiro atoms. The lowest BCUT2D eigenvalue weighted by molar-refractivity contribution is -0.169. The Bertz CT molecular complexity index is 404. The highest BCUT2D eigenvalue weighted by atomic mass is 28.3. The fraction of sp³-hybridized carbons (Fsp3) is 0.636. The third-order valence-corrected chi connectivity index (χ3v) is 2.60. The summed E-state index contributed by atoms with van der Waals surface area (Å²) < 4.78 is 40.5. The number of carbonyl (C=O) groups is 2. The van der Waals surface area contributed by atoms with Gasteiger partial charge in [0.2, 0.25) is 0 Å². The van der Waals surface area contributed by atoms with E-state index in [1.807, 2.05) is 19.6 Å². The van der Waals surface area contributed by atoms with Crippen LogP contribution in [0.4, 0.5) is 13.2 Å². The SMILES string of the molecule is CN(CC(F)(F)F)C(=O)C(=O)OCC#C[Si](C)(C)C. The van der Waals surface area contributed by atoms with Gasteiger partial charge in [-0.2, -0.15) is 13.2 Å². The Labute approximate surface area is 110 Å². The first kappa shape index (κ1) is 17.5. The molecule has 0 aromatic carbocycles. The molecule has 1 amide bonds. The van der Waals surface area contributed by atoms with E-state index in [1.165, 1.54) is 0 Å². The van der Waals surface area contributed by atoms with E-state index in [1.54, 1.807) is 0 Å². The fourth-order valence-electron chi connectivity index (χ4n) is 0.961. The van der Waals surface area contributed by atoms with Crippen LogP contribution in [0.5, 0.6) is 0 Å². The van der Waals surface area contributed by atoms with Gasteiger partial charge in [-0.25, -0.2) is 4.79 Å². The number of carbonyl (C=O) groups excluding carboxylic acids is 2. The second kappa shape index (κ2) is 6.61. The van der Waals surface area contributed by atoms with E-state index in [-0.39, 0.29) is 11.5 Å². The lowest BCUT2D eigenvalue weighted by Crippen LogP contribution is -2.40. The molecule has 0 N–H and O–H groups in total. The van der Waals surface area contributed by atoms with E-state index in [0.29, 0.717) is 0 Å². The Hall–Kier alpha value is -1.49. The molecule has 0 aromatic heterocycles. The van der Waals surface area contributed by atoms with Crippen molar-refractivity contribution in [2.24, 2.45) is 0 Å². The van der Waals surface area contributed by atoms with Crippen LogP contribution < -0.4 is 0 Å². The van der Waals surface area contributed by atoms with Crippen LogP contribution >= 0.6 is 0 Å². The van der Waals surface area contributed by atoms with E-state index in [4.69, 9.17) is 0 Å². The lowest BCUT2D eigenvalue weighted by atomic mass is 10.5. The first-order chi connectivity index (χ1) is 8.42. The van der Waals surface area contributed by atoms with Crippen LogP contribution in [0, 0.1) is 11.5 Å². The number of amides is 1. The Morgan fingerprint density at radius 3 is 2.21 bits per heavy atom. The van der Waals surface area contributed by atoms with Crippen molar-refractivity contribution in [2.75, 3.05) is 20.2 Å². The molecule has 0 atom stereocenters. The molecule has 0 bridgehead atoms. The second-order valence-electron chi connectivity index (χ2n) is 4.90. The van der Waals surface area contributed by atoms with E-state index >= 15 is 0 Å². The summed E-state index contributed by atoms with van der Waals surface area (Å²) in [5.41, 5.74) is 2.89. The van der Waals surface area contributed by atoms with Crippen LogP contribution in [-0.2, 0) is 14.3 Å². The Morgan fingerprint density at radius 2 is 1.79 bits per heavy atom. The third kappa shape index (κ3) is 9.13. The van der Waals surface area contributed by atoms with Crippen molar-refractivity contribution >= 4 is 20.0 Å². The van der Waals surface area contributed by atoms with Gasteiger partial charge in [-0.15, -0.1) is 5.54 Å². The minimum atomic E-state index is -4.55. The Balaban J connectivity index is 4.28. The van der Waals surface area contributed by atoms with E-state index in [2.05, 4.69) is 16.2 Å². The predicted octanol–water partition coefficient (Wildman–Crippen LogP) is 1.43. The minimum absolute atomic E-state index is 0.258. The topological polar surface area (TPSA) is 46.6 Å². The Morgan fingerprint density at radius 1 is 1.26 bits per heavy atom. The van der Waals surface area contributed by atoms with Crippen molar-refractivity contribution < 1.29 is 27.5 Å². The maximum atomic E-state index is 12.0. The molecule has 0 aromatic rings. The van der Waals surface area contributed by atoms with Crippen molar-refractivity contribution in [1.82, 2.24) is 4.90 Å². The third-order valence-electron chi connectivity index (χ3n) is 1.68. The van der Waals surface area contributed by atoms with Gasteiger partial charge in [0.25, 0.3) is 0 Å². The van der Waals surface area contributed by atoms with Crippen molar-refractivity contribution in [3.8, 4) is 11.5 Å². The summed E-state index contributed by atoms with van der Waals surface area (Å²) >= 11 is 0. The summed E-state index contributed by atoms with van der Waals surface area (Å²) in [5, 5.41) is 0. The van der Waals surface area contributed by atoms with Gasteiger partial charge in [0, 0.05) is 7.05 Å². The number of hydrogen-bond donors (Lipinski definition) is 0. The molecule has 0 unspecified atom stereocenters. The molecule has 0 heterocycles. The standard InChI is InChI=1S/C11H16F3NO3Si/c1-15(8-11(12,13)14)9(16)10(17)18-6-5-7-19(2,3)4/h6,8H2,1-4H3. The average molecular weight is 295 g/mol. The van der Waals surface area contributed by atoms with Gasteiger partial charge in [0.15, 0.2) is 6.61 Å². The normalized spacial score (nSPS) is 11.3. The van der Waals surface area contributed by atoms with Crippen molar-refractivity contribution in [1.29, 1.82) is 0 Å². The summed E-state index contributed by atoms with van der Waals surface area (Å²) in [4.78, 5) is 22.6. The van der Waals surface area contributed by atoms with E-state index in [9.17, 15) is 22.8 Å². The second-order valence-corrected chi connectivity index (χ2v) is 9.65. The first-order valence-electron chi connectivity index (χ1n) is 5.41. The highest BCUT2D eigenvalue weighted by Gasteiger charge is 2.33. The lowest BCUT2D eigenvalue weighted by Gasteiger charge is -2.17. The highest BCUT2D eigenvalue weighted by Crippen LogP contribution is 2.15. The smallest absolute Gasteiger partial charge is 0.406 e. The van der Waals surface area contributed by atoms with Crippen molar-refractivity contribution in [3.63, 3.8) is 0 Å². The molecule has 19 heavy (non-hydrogen) atoms. The molecule has 0 saturated heterocycles. The van der Waals surface area contributed by atoms with E-state index < -0.39 is 32.7 Å². The zero-order valence-corrected chi connectivity index (χ0v) is 12.2. The molecule has 108 valence electrons. The van der Waals surface area contributed by atoms with Crippen LogP contribution in [0.25, 0.3) is 0 Å². The number of alkyl halides is 3. The quantitative estimate of drug-likeness (QED) is 0.335. The first-order valence-corrected chi connectivity index (χ1v) is 8.91. The van der Waals surface area contributed by atoms with Crippen LogP contribution in [0.3, 0.4) is 0 Å². The van der Waals surface area contributed by atoms with Crippen molar-refractivity contribution in [2.45, 2.75) is 25.8 Å². The summed E-state index contributed by atoms with van der Waals surface area (Å²) in [5.74, 6) is -0.103. The molecular formula is C11H16F3NO3Si. The predicted molar refractivity (Wildman–Crippen MR) is 65.8 cm³/mol. The maximum absolute atomic E-state index is 12.0. The number of likely N-dealkylation sites (N-methyl/N-ethyl adjacent to an activating group) is 1. The molecule has 0 rings (SSSR count). The molecule has 0 aliphatic heterocycles. The molecule has 0 saturated carbocycles. The number of esters is 1.